The third-order valence-electron chi connectivity index (χ3n) is 1.88. The molecule has 0 unspecified atom stereocenters. The molecule has 1 aromatic carbocycles. The number of rotatable bonds is 2. The van der Waals surface area contributed by atoms with Crippen molar-refractivity contribution in [1.82, 2.24) is 10.2 Å². The summed E-state index contributed by atoms with van der Waals surface area (Å²) in [5, 5.41) is 10.7. The predicted octanol–water partition coefficient (Wildman–Crippen LogP) is 2.66. The molecule has 0 fully saturated rings. The van der Waals surface area contributed by atoms with Gasteiger partial charge in [0.15, 0.2) is 16.6 Å². The fourth-order valence-corrected chi connectivity index (χ4v) is 1.83. The van der Waals surface area contributed by atoms with Crippen molar-refractivity contribution in [1.29, 1.82) is 0 Å². The second-order valence-corrected chi connectivity index (χ2v) is 3.89. The van der Waals surface area contributed by atoms with Gasteiger partial charge in [-0.05, 0) is 6.07 Å². The van der Waals surface area contributed by atoms with Gasteiger partial charge in [-0.25, -0.2) is 13.2 Å². The topological polar surface area (TPSA) is 37.8 Å². The zero-order valence-electron chi connectivity index (χ0n) is 8.09. The number of anilines is 1. The van der Waals surface area contributed by atoms with Crippen molar-refractivity contribution in [2.45, 2.75) is 0 Å². The lowest BCUT2D eigenvalue weighted by Crippen LogP contribution is -1.90. The highest BCUT2D eigenvalue weighted by Crippen LogP contribution is 2.29. The van der Waals surface area contributed by atoms with Crippen molar-refractivity contribution in [3.8, 4) is 10.6 Å². The summed E-state index contributed by atoms with van der Waals surface area (Å²) >= 11 is 1.05. The molecular weight excluding hydrogens is 239 g/mol. The minimum absolute atomic E-state index is 0.0992. The third kappa shape index (κ3) is 1.85. The van der Waals surface area contributed by atoms with E-state index in [0.29, 0.717) is 11.2 Å². The summed E-state index contributed by atoms with van der Waals surface area (Å²) in [5.41, 5.74) is -0.0992. The van der Waals surface area contributed by atoms with E-state index in [1.807, 2.05) is 0 Å². The Morgan fingerprint density at radius 1 is 1.06 bits per heavy atom. The van der Waals surface area contributed by atoms with Gasteiger partial charge in [0, 0.05) is 13.1 Å². The number of hydrogen-bond acceptors (Lipinski definition) is 4. The molecule has 1 aromatic heterocycles. The molecule has 0 bridgehead atoms. The van der Waals surface area contributed by atoms with Crippen LogP contribution in [0.3, 0.4) is 0 Å². The first kappa shape index (κ1) is 10.9. The number of halogens is 3. The van der Waals surface area contributed by atoms with Gasteiger partial charge in [0.1, 0.15) is 5.82 Å². The maximum Gasteiger partial charge on any atom is 0.205 e. The summed E-state index contributed by atoms with van der Waals surface area (Å²) in [4.78, 5) is 0. The summed E-state index contributed by atoms with van der Waals surface area (Å²) in [6.07, 6.45) is 0. The van der Waals surface area contributed by atoms with Gasteiger partial charge < -0.3 is 5.32 Å². The fraction of sp³-hybridized carbons (Fsp3) is 0.111. The van der Waals surface area contributed by atoms with Gasteiger partial charge in [-0.1, -0.05) is 11.3 Å². The lowest BCUT2D eigenvalue weighted by atomic mass is 10.2. The predicted molar refractivity (Wildman–Crippen MR) is 54.8 cm³/mol. The maximum atomic E-state index is 13.3. The van der Waals surface area contributed by atoms with E-state index < -0.39 is 17.5 Å². The highest BCUT2D eigenvalue weighted by molar-refractivity contribution is 7.18. The molecule has 2 aromatic rings. The Balaban J connectivity index is 2.51. The van der Waals surface area contributed by atoms with Gasteiger partial charge in [-0.2, -0.15) is 0 Å². The fourth-order valence-electron chi connectivity index (χ4n) is 1.12. The maximum absolute atomic E-state index is 13.3. The monoisotopic (exact) mass is 245 g/mol. The Kier molecular flexibility index (Phi) is 2.78. The normalized spacial score (nSPS) is 10.5. The standard InChI is InChI=1S/C9H6F3N3S/c1-13-9-15-14-8(16-9)4-2-6(11)7(12)3-5(4)10/h2-3H,1H3,(H,13,15). The van der Waals surface area contributed by atoms with Crippen LogP contribution in [0.1, 0.15) is 0 Å². The molecule has 3 nitrogen and oxygen atoms in total. The molecule has 1 heterocycles. The Hall–Kier alpha value is -1.63. The summed E-state index contributed by atoms with van der Waals surface area (Å²) in [6, 6.07) is 1.26. The van der Waals surface area contributed by atoms with Gasteiger partial charge in [-0.3, -0.25) is 0 Å². The van der Waals surface area contributed by atoms with E-state index in [-0.39, 0.29) is 10.6 Å². The average molecular weight is 245 g/mol. The number of hydrogen-bond donors (Lipinski definition) is 1. The van der Waals surface area contributed by atoms with Gasteiger partial charge in [0.25, 0.3) is 0 Å². The Morgan fingerprint density at radius 2 is 1.75 bits per heavy atom. The second kappa shape index (κ2) is 4.09. The highest BCUT2D eigenvalue weighted by Gasteiger charge is 2.15. The minimum atomic E-state index is -1.22. The van der Waals surface area contributed by atoms with Gasteiger partial charge in [-0.15, -0.1) is 10.2 Å². The van der Waals surface area contributed by atoms with Crippen LogP contribution >= 0.6 is 11.3 Å². The third-order valence-corrected chi connectivity index (χ3v) is 2.85. The molecule has 0 saturated carbocycles. The molecule has 84 valence electrons. The van der Waals surface area contributed by atoms with Crippen LogP contribution in [-0.2, 0) is 0 Å². The van der Waals surface area contributed by atoms with E-state index in [1.54, 1.807) is 7.05 Å². The first-order valence-corrected chi connectivity index (χ1v) is 5.09. The van der Waals surface area contributed by atoms with Crippen molar-refractivity contribution in [3.05, 3.63) is 29.6 Å². The summed E-state index contributed by atoms with van der Waals surface area (Å²) < 4.78 is 39.0. The molecule has 0 saturated heterocycles. The van der Waals surface area contributed by atoms with Crippen molar-refractivity contribution < 1.29 is 13.2 Å². The van der Waals surface area contributed by atoms with Crippen molar-refractivity contribution >= 4 is 16.5 Å². The van der Waals surface area contributed by atoms with Crippen molar-refractivity contribution in [2.24, 2.45) is 0 Å². The van der Waals surface area contributed by atoms with Crippen LogP contribution < -0.4 is 5.32 Å². The average Bonchev–Trinajstić information content (AvgIpc) is 2.71. The SMILES string of the molecule is CNc1nnc(-c2cc(F)c(F)cc2F)s1. The van der Waals surface area contributed by atoms with Crippen LogP contribution in [0, 0.1) is 17.5 Å². The largest absolute Gasteiger partial charge is 0.363 e. The van der Waals surface area contributed by atoms with Crippen LogP contribution in [0.15, 0.2) is 12.1 Å². The smallest absolute Gasteiger partial charge is 0.205 e. The van der Waals surface area contributed by atoms with Crippen molar-refractivity contribution in [3.63, 3.8) is 0 Å². The molecule has 2 rings (SSSR count). The van der Waals surface area contributed by atoms with Gasteiger partial charge in [0.2, 0.25) is 5.13 Å². The van der Waals surface area contributed by atoms with Crippen LogP contribution in [0.4, 0.5) is 18.3 Å². The van der Waals surface area contributed by atoms with E-state index in [0.717, 1.165) is 17.4 Å². The van der Waals surface area contributed by atoms with E-state index in [9.17, 15) is 13.2 Å². The first-order valence-electron chi connectivity index (χ1n) is 4.28. The quantitative estimate of drug-likeness (QED) is 0.826. The molecule has 0 atom stereocenters. The molecule has 0 spiro atoms. The van der Waals surface area contributed by atoms with E-state index in [2.05, 4.69) is 15.5 Å². The van der Waals surface area contributed by atoms with E-state index in [1.165, 1.54) is 0 Å². The highest BCUT2D eigenvalue weighted by atomic mass is 32.1. The number of nitrogens with one attached hydrogen (secondary N) is 1. The Bertz CT molecular complexity index is 527. The zero-order valence-corrected chi connectivity index (χ0v) is 8.91. The zero-order chi connectivity index (χ0) is 11.7. The van der Waals surface area contributed by atoms with Gasteiger partial charge in [0.05, 0.1) is 5.56 Å². The Labute approximate surface area is 92.9 Å². The van der Waals surface area contributed by atoms with Crippen LogP contribution in [0.25, 0.3) is 10.6 Å². The molecule has 0 radical (unpaired) electrons. The number of benzene rings is 1. The molecule has 7 heteroatoms. The lowest BCUT2D eigenvalue weighted by molar-refractivity contribution is 0.496. The molecule has 0 amide bonds. The first-order chi connectivity index (χ1) is 7.61. The molecule has 1 N–H and O–H groups in total. The summed E-state index contributed by atoms with van der Waals surface area (Å²) in [5.74, 6) is -3.20. The summed E-state index contributed by atoms with van der Waals surface area (Å²) in [7, 11) is 1.63. The van der Waals surface area contributed by atoms with Crippen LogP contribution in [0.5, 0.6) is 0 Å². The molecule has 0 aliphatic carbocycles. The van der Waals surface area contributed by atoms with E-state index in [4.69, 9.17) is 0 Å². The molecular formula is C9H6F3N3S. The minimum Gasteiger partial charge on any atom is -0.363 e. The molecule has 16 heavy (non-hydrogen) atoms. The number of nitrogens with zero attached hydrogens (tertiary/aromatic N) is 2. The molecule has 0 aliphatic heterocycles. The van der Waals surface area contributed by atoms with Crippen LogP contribution in [0.2, 0.25) is 0 Å². The second-order valence-electron chi connectivity index (χ2n) is 2.91. The summed E-state index contributed by atoms with van der Waals surface area (Å²) in [6.45, 7) is 0. The lowest BCUT2D eigenvalue weighted by Gasteiger charge is -1.99. The van der Waals surface area contributed by atoms with E-state index >= 15 is 0 Å². The number of aromatic nitrogens is 2. The van der Waals surface area contributed by atoms with Crippen molar-refractivity contribution in [2.75, 3.05) is 12.4 Å². The Morgan fingerprint density at radius 3 is 2.38 bits per heavy atom. The van der Waals surface area contributed by atoms with Gasteiger partial charge >= 0.3 is 0 Å². The van der Waals surface area contributed by atoms with Crippen LogP contribution in [-0.4, -0.2) is 17.2 Å². The molecule has 0 aliphatic rings.